The Hall–Kier alpha value is -17.6. The van der Waals surface area contributed by atoms with Crippen molar-refractivity contribution in [1.82, 2.24) is 0 Å². The molecule has 22 aromatic carbocycles. The van der Waals surface area contributed by atoms with E-state index in [4.69, 9.17) is 35.4 Å². The predicted molar refractivity (Wildman–Crippen MR) is 556 cm³/mol. The van der Waals surface area contributed by atoms with E-state index in [0.717, 1.165) is 204 Å². The first-order chi connectivity index (χ1) is 70.2. The zero-order valence-corrected chi connectivity index (χ0v) is 72.7. The van der Waals surface area contributed by atoms with Gasteiger partial charge in [-0.05, 0) is 251 Å². The smallest absolute Gasteiger partial charge is 0.159 e. The Morgan fingerprint density at radius 1 is 0.187 bits per heavy atom. The minimum atomic E-state index is -0.507. The van der Waals surface area contributed by atoms with Gasteiger partial charge in [-0.1, -0.05) is 254 Å². The van der Waals surface area contributed by atoms with Gasteiger partial charge in [-0.15, -0.1) is 0 Å². The summed E-state index contributed by atoms with van der Waals surface area (Å²) in [6.45, 7) is 8.36. The minimum Gasteiger partial charge on any atom is -0.456 e. The Labute approximate surface area is 784 Å². The zero-order chi connectivity index (χ0) is 97.4. The monoisotopic (exact) mass is 1730 g/mol. The van der Waals surface area contributed by atoms with E-state index >= 15 is 0 Å². The van der Waals surface area contributed by atoms with Gasteiger partial charge in [0.15, 0.2) is 22.3 Å². The number of ether oxygens (including phenoxy) is 2. The first-order valence-electron chi connectivity index (χ1n) is 49.8. The quantitative estimate of drug-likeness (QED) is 0.110. The number of rotatable bonds is 12. The molecule has 10 heteroatoms. The summed E-state index contributed by atoms with van der Waals surface area (Å²) >= 11 is 0. The number of para-hydroxylation sites is 12. The highest BCUT2D eigenvalue weighted by Gasteiger charge is 2.33. The van der Waals surface area contributed by atoms with Gasteiger partial charge in [0, 0.05) is 111 Å². The van der Waals surface area contributed by atoms with E-state index in [1.165, 1.54) is 16.3 Å². The van der Waals surface area contributed by atoms with Gasteiger partial charge >= 0.3 is 0 Å². The van der Waals surface area contributed by atoms with E-state index in [9.17, 15) is 5.48 Å². The maximum atomic E-state index is 9.44. The van der Waals surface area contributed by atoms with Crippen LogP contribution in [0.2, 0.25) is 0 Å². The van der Waals surface area contributed by atoms with Crippen LogP contribution in [0, 0.1) is 27.7 Å². The summed E-state index contributed by atoms with van der Waals surface area (Å²) in [6.07, 6.45) is 0. The molecule has 0 fully saturated rings. The second kappa shape index (κ2) is 30.0. The highest BCUT2D eigenvalue weighted by Crippen LogP contribution is 2.59. The van der Waals surface area contributed by atoms with E-state index < -0.39 is 36.3 Å². The summed E-state index contributed by atoms with van der Waals surface area (Å²) in [5, 5.41) is 19.6. The van der Waals surface area contributed by atoms with Crippen molar-refractivity contribution in [3.63, 3.8) is 0 Å². The molecule has 10 nitrogen and oxygen atoms in total. The third kappa shape index (κ3) is 12.0. The highest BCUT2D eigenvalue weighted by atomic mass is 16.5. The lowest BCUT2D eigenvalue weighted by Gasteiger charge is -2.29. The van der Waals surface area contributed by atoms with Gasteiger partial charge in [-0.25, -0.2) is 0 Å². The lowest BCUT2D eigenvalue weighted by Crippen LogP contribution is -2.11. The number of nitrogens with zero attached hydrogens (tertiary/aromatic N) is 4. The Bertz CT molecular complexity index is 10100. The molecule has 4 aromatic heterocycles. The molecule has 0 saturated heterocycles. The van der Waals surface area contributed by atoms with Crippen LogP contribution < -0.4 is 29.1 Å². The molecule has 0 N–H and O–H groups in total. The van der Waals surface area contributed by atoms with Crippen molar-refractivity contribution in [2.75, 3.05) is 19.6 Å². The van der Waals surface area contributed by atoms with Gasteiger partial charge in [0.25, 0.3) is 0 Å². The van der Waals surface area contributed by atoms with Crippen molar-refractivity contribution >= 4 is 221 Å². The Morgan fingerprint density at radius 2 is 0.500 bits per heavy atom. The van der Waals surface area contributed by atoms with Crippen LogP contribution in [-0.4, -0.2) is 0 Å². The van der Waals surface area contributed by atoms with Crippen LogP contribution in [0.5, 0.6) is 23.0 Å². The molecule has 632 valence electrons. The summed E-state index contributed by atoms with van der Waals surface area (Å²) in [5.41, 5.74) is 21.6. The fourth-order valence-electron chi connectivity index (χ4n) is 21.0. The fourth-order valence-corrected chi connectivity index (χ4v) is 21.0. The number of hydrogen-bond acceptors (Lipinski definition) is 10. The van der Waals surface area contributed by atoms with Crippen LogP contribution in [0.15, 0.2) is 430 Å². The van der Waals surface area contributed by atoms with Gasteiger partial charge in [0.2, 0.25) is 0 Å². The molecule has 2 aliphatic rings. The van der Waals surface area contributed by atoms with Crippen LogP contribution in [0.1, 0.15) is 36.0 Å². The first kappa shape index (κ1) is 66.7. The van der Waals surface area contributed by atoms with Crippen molar-refractivity contribution in [2.24, 2.45) is 0 Å². The number of hydrogen-bond donors (Lipinski definition) is 0. The molecular weight excluding hydrogens is 1640 g/mol. The molecule has 28 rings (SSSR count). The topological polar surface area (TPSA) is 84.0 Å². The molecule has 0 saturated carbocycles. The van der Waals surface area contributed by atoms with Crippen molar-refractivity contribution in [1.29, 1.82) is 0 Å². The summed E-state index contributed by atoms with van der Waals surface area (Å²) in [7, 11) is 0. The standard InChI is InChI=1S/2C62H40N2O3/c2*1-37-27-29-42-48(31-37)49-35-52-45-30-28-41(63(39-15-5-3-6-16-39)53-23-13-21-46-43-19-9-11-25-56(43)66-61(46)53)34-58(45)65-59-33-38(2)32-51(60(52)59)50(49)36-55(42)64(40-17-7-4-8-18-40)54-24-14-22-47-44-20-10-12-26-57(44)67-62(47)54/h2*3-36H,1-2H3/i3D,4D,5D,6D,7D,8D,15D,16D,17D,18D;. The molecule has 0 atom stereocenters. The Balaban J connectivity index is 0.000000145. The highest BCUT2D eigenvalue weighted by molar-refractivity contribution is 6.29. The van der Waals surface area contributed by atoms with E-state index in [1.54, 1.807) is 9.80 Å². The minimum absolute atomic E-state index is 0.0358. The second-order valence-electron chi connectivity index (χ2n) is 34.8. The first-order valence-corrected chi connectivity index (χ1v) is 44.8. The van der Waals surface area contributed by atoms with E-state index in [1.807, 2.05) is 159 Å². The molecule has 0 unspecified atom stereocenters. The van der Waals surface area contributed by atoms with Crippen LogP contribution in [0.3, 0.4) is 0 Å². The predicted octanol–water partition coefficient (Wildman–Crippen LogP) is 36.5. The number of fused-ring (bicyclic) bond motifs is 24. The van der Waals surface area contributed by atoms with Crippen LogP contribution in [0.4, 0.5) is 68.2 Å². The lowest BCUT2D eigenvalue weighted by molar-refractivity contribution is 0.486. The van der Waals surface area contributed by atoms with E-state index in [2.05, 4.69) is 230 Å². The van der Waals surface area contributed by atoms with E-state index in [0.29, 0.717) is 56.6 Å². The summed E-state index contributed by atoms with van der Waals surface area (Å²) < 4.78 is 130. The van der Waals surface area contributed by atoms with Gasteiger partial charge in [0.05, 0.1) is 59.2 Å². The third-order valence-electron chi connectivity index (χ3n) is 26.7. The molecule has 0 aliphatic carbocycles. The second-order valence-corrected chi connectivity index (χ2v) is 34.8. The number of furan rings is 4. The Kier molecular flexibility index (Phi) is 14.9. The number of anilines is 12. The van der Waals surface area contributed by atoms with Crippen LogP contribution in [-0.2, 0) is 0 Å². The zero-order valence-electron chi connectivity index (χ0n) is 82.7. The van der Waals surface area contributed by atoms with Crippen LogP contribution >= 0.6 is 0 Å². The van der Waals surface area contributed by atoms with Crippen molar-refractivity contribution in [2.45, 2.75) is 27.7 Å². The van der Waals surface area contributed by atoms with Gasteiger partial charge in [0.1, 0.15) is 45.3 Å². The largest absolute Gasteiger partial charge is 0.456 e. The molecule has 0 radical (unpaired) electrons. The average molecular weight is 1730 g/mol. The van der Waals surface area contributed by atoms with Gasteiger partial charge in [-0.3, -0.25) is 0 Å². The van der Waals surface area contributed by atoms with Crippen molar-refractivity contribution < 1.29 is 40.8 Å². The summed E-state index contributed by atoms with van der Waals surface area (Å²) in [4.78, 5) is 8.06. The molecule has 2 aliphatic heterocycles. The molecule has 0 spiro atoms. The summed E-state index contributed by atoms with van der Waals surface area (Å²) in [5.74, 6) is 2.69. The molecule has 0 amide bonds. The molecule has 6 heterocycles. The summed E-state index contributed by atoms with van der Waals surface area (Å²) in [6, 6.07) is 116. The molecular formula is C124H80N4O6. The molecule has 134 heavy (non-hydrogen) atoms. The SMILES string of the molecule is Cc1ccc2c(N(c3ccccc3)c3cccc4c3oc3ccccc34)cc3c4cc(C)cc5c4c(cc3c2c1)-c1ccc(N(c2ccccc2)c2cccc3c2oc2ccccc23)cc1O5.[2H]c1c([2H])c([2H])c(N(c2ccc3c(c2)Oc2cc(C)cc4c2c-3cc2c3cc(C)ccc3c(N(c3c([2H])c([2H])c([2H])c([2H])c3[2H])c3cccc5c3oc3ccccc35)cc42)c2cccc3c2oc2ccccc23)c([2H])c1[2H]. The van der Waals surface area contributed by atoms with Crippen LogP contribution in [0.25, 0.3) is 175 Å². The maximum Gasteiger partial charge on any atom is 0.159 e. The lowest BCUT2D eigenvalue weighted by atomic mass is 9.87. The van der Waals surface area contributed by atoms with Crippen molar-refractivity contribution in [3.05, 3.63) is 435 Å². The molecule has 26 aromatic rings. The Morgan fingerprint density at radius 3 is 0.896 bits per heavy atom. The fraction of sp³-hybridized carbons (Fsp3) is 0.0323. The van der Waals surface area contributed by atoms with Crippen molar-refractivity contribution in [3.8, 4) is 45.3 Å². The average Bonchev–Trinajstić information content (AvgIpc) is 1.68. The van der Waals surface area contributed by atoms with Gasteiger partial charge in [-0.2, -0.15) is 0 Å². The number of benzene rings is 22. The van der Waals surface area contributed by atoms with Gasteiger partial charge < -0.3 is 46.7 Å². The third-order valence-corrected chi connectivity index (χ3v) is 26.7. The number of aryl methyl sites for hydroxylation is 4. The van der Waals surface area contributed by atoms with E-state index in [-0.39, 0.29) is 35.5 Å². The molecule has 0 bridgehead atoms. The maximum absolute atomic E-state index is 9.44. The normalized spacial score (nSPS) is 13.2.